The zero-order chi connectivity index (χ0) is 15.6. The lowest BCUT2D eigenvalue weighted by atomic mass is 10.1. The van der Waals surface area contributed by atoms with Crippen molar-refractivity contribution in [3.63, 3.8) is 0 Å². The Morgan fingerprint density at radius 1 is 1.19 bits per heavy atom. The molecule has 0 spiro atoms. The summed E-state index contributed by atoms with van der Waals surface area (Å²) in [6.45, 7) is 4.15. The Hall–Kier alpha value is -1.65. The average molecular weight is 327 g/mol. The van der Waals surface area contributed by atoms with Crippen LogP contribution in [0.15, 0.2) is 18.3 Å². The third kappa shape index (κ3) is 3.34. The first-order valence-corrected chi connectivity index (χ1v) is 7.06. The molecule has 1 aromatic heterocycles. The molecule has 0 aliphatic rings. The fourth-order valence-corrected chi connectivity index (χ4v) is 2.36. The minimum Gasteiger partial charge on any atom is -0.496 e. The summed E-state index contributed by atoms with van der Waals surface area (Å²) >= 11 is 11.9. The predicted molar refractivity (Wildman–Crippen MR) is 85.5 cm³/mol. The minimum absolute atomic E-state index is 0.268. The van der Waals surface area contributed by atoms with E-state index in [-0.39, 0.29) is 6.61 Å². The summed E-state index contributed by atoms with van der Waals surface area (Å²) in [4.78, 5) is 4.37. The number of methoxy groups -OCH3 is 1. The molecule has 21 heavy (non-hydrogen) atoms. The maximum atomic E-state index is 5.96. The van der Waals surface area contributed by atoms with Crippen LogP contribution in [-0.2, 0) is 6.61 Å². The normalized spacial score (nSPS) is 10.5. The van der Waals surface area contributed by atoms with Gasteiger partial charge in [0.2, 0.25) is 0 Å². The first-order valence-electron chi connectivity index (χ1n) is 6.30. The molecular formula is C15H16Cl2N2O2. The van der Waals surface area contributed by atoms with E-state index in [0.717, 1.165) is 22.6 Å². The lowest BCUT2D eigenvalue weighted by Gasteiger charge is -2.14. The van der Waals surface area contributed by atoms with E-state index in [9.17, 15) is 0 Å². The molecule has 2 rings (SSSR count). The molecule has 0 radical (unpaired) electrons. The van der Waals surface area contributed by atoms with Gasteiger partial charge in [-0.15, -0.1) is 0 Å². The fourth-order valence-electron chi connectivity index (χ4n) is 2.03. The molecule has 0 unspecified atom stereocenters. The van der Waals surface area contributed by atoms with Gasteiger partial charge in [-0.25, -0.2) is 0 Å². The number of hydrogen-bond acceptors (Lipinski definition) is 4. The van der Waals surface area contributed by atoms with Gasteiger partial charge in [-0.05, 0) is 19.9 Å². The number of nitrogens with two attached hydrogens (primary N) is 1. The van der Waals surface area contributed by atoms with Gasteiger partial charge < -0.3 is 15.2 Å². The van der Waals surface area contributed by atoms with Gasteiger partial charge in [0, 0.05) is 23.4 Å². The number of rotatable bonds is 4. The lowest BCUT2D eigenvalue weighted by Crippen LogP contribution is -2.05. The van der Waals surface area contributed by atoms with Gasteiger partial charge >= 0.3 is 0 Å². The molecule has 0 saturated heterocycles. The Balaban J connectivity index is 2.23. The van der Waals surface area contributed by atoms with Crippen molar-refractivity contribution in [2.45, 2.75) is 20.5 Å². The number of ether oxygens (including phenoxy) is 2. The van der Waals surface area contributed by atoms with E-state index in [0.29, 0.717) is 21.5 Å². The monoisotopic (exact) mass is 326 g/mol. The number of pyridine rings is 1. The van der Waals surface area contributed by atoms with Crippen molar-refractivity contribution in [1.82, 2.24) is 4.98 Å². The summed E-state index contributed by atoms with van der Waals surface area (Å²) in [6.07, 6.45) is 1.75. The number of nitrogens with zero attached hydrogens (tertiary/aromatic N) is 1. The third-order valence-electron chi connectivity index (χ3n) is 3.17. The highest BCUT2D eigenvalue weighted by Gasteiger charge is 2.12. The maximum absolute atomic E-state index is 5.96. The fraction of sp³-hybridized carbons (Fsp3) is 0.267. The Kier molecular flexibility index (Phi) is 4.80. The number of aromatic nitrogens is 1. The largest absolute Gasteiger partial charge is 0.496 e. The van der Waals surface area contributed by atoms with Crippen molar-refractivity contribution < 1.29 is 9.47 Å². The van der Waals surface area contributed by atoms with Crippen LogP contribution in [0.25, 0.3) is 0 Å². The van der Waals surface area contributed by atoms with Crippen molar-refractivity contribution in [3.05, 3.63) is 45.2 Å². The Labute approximate surface area is 133 Å². The van der Waals surface area contributed by atoms with Crippen LogP contribution in [0, 0.1) is 13.8 Å². The summed E-state index contributed by atoms with van der Waals surface area (Å²) in [5.74, 6) is 1.29. The van der Waals surface area contributed by atoms with Gasteiger partial charge in [0.15, 0.2) is 0 Å². The zero-order valence-electron chi connectivity index (χ0n) is 12.0. The van der Waals surface area contributed by atoms with Crippen LogP contribution in [0.1, 0.15) is 16.8 Å². The van der Waals surface area contributed by atoms with Gasteiger partial charge in [-0.3, -0.25) is 4.98 Å². The van der Waals surface area contributed by atoms with Crippen LogP contribution in [0.5, 0.6) is 11.5 Å². The van der Waals surface area contributed by atoms with Crippen molar-refractivity contribution in [2.75, 3.05) is 12.8 Å². The Bertz CT molecular complexity index is 675. The van der Waals surface area contributed by atoms with E-state index < -0.39 is 0 Å². The summed E-state index contributed by atoms with van der Waals surface area (Å²) in [5, 5.41) is 0.792. The quantitative estimate of drug-likeness (QED) is 0.856. The second-order valence-electron chi connectivity index (χ2n) is 4.64. The molecule has 2 aromatic rings. The van der Waals surface area contributed by atoms with Gasteiger partial charge in [-0.1, -0.05) is 23.2 Å². The first-order chi connectivity index (χ1) is 9.93. The summed E-state index contributed by atoms with van der Waals surface area (Å²) in [7, 11) is 1.64. The molecule has 0 aliphatic heterocycles. The van der Waals surface area contributed by atoms with Crippen LogP contribution in [0.3, 0.4) is 0 Å². The van der Waals surface area contributed by atoms with Gasteiger partial charge in [0.1, 0.15) is 18.1 Å². The van der Waals surface area contributed by atoms with Crippen LogP contribution < -0.4 is 15.2 Å². The van der Waals surface area contributed by atoms with Gasteiger partial charge in [0.05, 0.1) is 28.5 Å². The van der Waals surface area contributed by atoms with Crippen molar-refractivity contribution in [2.24, 2.45) is 0 Å². The Morgan fingerprint density at radius 3 is 2.52 bits per heavy atom. The van der Waals surface area contributed by atoms with E-state index in [2.05, 4.69) is 4.98 Å². The highest BCUT2D eigenvalue weighted by atomic mass is 35.5. The Morgan fingerprint density at radius 2 is 1.86 bits per heavy atom. The number of nitrogen functional groups attached to an aromatic ring is 1. The van der Waals surface area contributed by atoms with E-state index in [4.69, 9.17) is 38.4 Å². The summed E-state index contributed by atoms with van der Waals surface area (Å²) in [6, 6.07) is 3.16. The van der Waals surface area contributed by atoms with E-state index in [1.807, 2.05) is 13.8 Å². The smallest absolute Gasteiger partial charge is 0.144 e. The summed E-state index contributed by atoms with van der Waals surface area (Å²) < 4.78 is 11.1. The molecule has 1 aromatic carbocycles. The first kappa shape index (κ1) is 15.7. The number of halogens is 2. The topological polar surface area (TPSA) is 57.4 Å². The molecule has 6 heteroatoms. The van der Waals surface area contributed by atoms with Crippen molar-refractivity contribution in [1.29, 1.82) is 0 Å². The average Bonchev–Trinajstić information content (AvgIpc) is 2.43. The highest BCUT2D eigenvalue weighted by molar-refractivity contribution is 6.42. The van der Waals surface area contributed by atoms with Gasteiger partial charge in [0.25, 0.3) is 0 Å². The van der Waals surface area contributed by atoms with Crippen molar-refractivity contribution in [3.8, 4) is 11.5 Å². The molecule has 112 valence electrons. The molecule has 2 N–H and O–H groups in total. The molecule has 0 bridgehead atoms. The molecule has 4 nitrogen and oxygen atoms in total. The maximum Gasteiger partial charge on any atom is 0.144 e. The lowest BCUT2D eigenvalue weighted by molar-refractivity contribution is 0.300. The third-order valence-corrected chi connectivity index (χ3v) is 3.89. The van der Waals surface area contributed by atoms with Crippen LogP contribution in [0.4, 0.5) is 5.69 Å². The molecule has 0 atom stereocenters. The molecule has 0 saturated carbocycles. The number of anilines is 1. The molecule has 0 amide bonds. The standard InChI is InChI=1S/C15H16Cl2N2O2/c1-8-6-19-13(9(2)15(8)20-3)7-21-14-5-11(17)10(16)4-12(14)18/h4-6H,7,18H2,1-3H3. The number of hydrogen-bond donors (Lipinski definition) is 1. The predicted octanol–water partition coefficient (Wildman–Crippen LogP) is 4.18. The van der Waals surface area contributed by atoms with Crippen LogP contribution >= 0.6 is 23.2 Å². The van der Waals surface area contributed by atoms with Crippen LogP contribution in [-0.4, -0.2) is 12.1 Å². The molecule has 1 heterocycles. The minimum atomic E-state index is 0.268. The van der Waals surface area contributed by atoms with Crippen LogP contribution in [0.2, 0.25) is 10.0 Å². The number of benzene rings is 1. The number of aryl methyl sites for hydroxylation is 1. The van der Waals surface area contributed by atoms with E-state index in [1.165, 1.54) is 0 Å². The zero-order valence-corrected chi connectivity index (χ0v) is 13.5. The van der Waals surface area contributed by atoms with E-state index in [1.54, 1.807) is 25.4 Å². The second-order valence-corrected chi connectivity index (χ2v) is 5.45. The second kappa shape index (κ2) is 6.41. The van der Waals surface area contributed by atoms with E-state index >= 15 is 0 Å². The molecular weight excluding hydrogens is 311 g/mol. The molecule has 0 aliphatic carbocycles. The van der Waals surface area contributed by atoms with Gasteiger partial charge in [-0.2, -0.15) is 0 Å². The van der Waals surface area contributed by atoms with Crippen molar-refractivity contribution >= 4 is 28.9 Å². The highest BCUT2D eigenvalue weighted by Crippen LogP contribution is 2.33. The molecule has 0 fully saturated rings. The SMILES string of the molecule is COc1c(C)cnc(COc2cc(Cl)c(Cl)cc2N)c1C. The summed E-state index contributed by atoms with van der Waals surface area (Å²) in [5.41, 5.74) is 8.99.